The van der Waals surface area contributed by atoms with Crippen LogP contribution in [0.4, 0.5) is 5.13 Å². The summed E-state index contributed by atoms with van der Waals surface area (Å²) in [5.74, 6) is 0.720. The van der Waals surface area contributed by atoms with E-state index in [4.69, 9.17) is 15.3 Å². The second-order valence-electron chi connectivity index (χ2n) is 3.15. The van der Waals surface area contributed by atoms with Gasteiger partial charge in [-0.1, -0.05) is 11.3 Å². The van der Waals surface area contributed by atoms with Crippen LogP contribution in [0.25, 0.3) is 10.2 Å². The monoisotopic (exact) mass is 257 g/mol. The number of thiazole rings is 1. The second-order valence-corrected chi connectivity index (χ2v) is 4.18. The van der Waals surface area contributed by atoms with E-state index in [2.05, 4.69) is 15.5 Å². The number of hydrazone groups is 1. The SMILES string of the molecule is COc1ccc2sc(NN=C(C#N)C#N)nc2c1. The van der Waals surface area contributed by atoms with Crippen molar-refractivity contribution in [2.45, 2.75) is 0 Å². The fourth-order valence-corrected chi connectivity index (χ4v) is 2.05. The van der Waals surface area contributed by atoms with E-state index in [1.807, 2.05) is 12.1 Å². The lowest BCUT2D eigenvalue weighted by Crippen LogP contribution is -1.95. The molecule has 0 spiro atoms. The van der Waals surface area contributed by atoms with E-state index in [0.29, 0.717) is 5.13 Å². The summed E-state index contributed by atoms with van der Waals surface area (Å²) in [7, 11) is 1.59. The minimum absolute atomic E-state index is 0.244. The lowest BCUT2D eigenvalue weighted by Gasteiger charge is -1.96. The van der Waals surface area contributed by atoms with Crippen LogP contribution in [0.5, 0.6) is 5.75 Å². The minimum Gasteiger partial charge on any atom is -0.497 e. The van der Waals surface area contributed by atoms with Crippen molar-refractivity contribution in [2.24, 2.45) is 5.10 Å². The molecular formula is C11H7N5OS. The van der Waals surface area contributed by atoms with Crippen LogP contribution in [0.3, 0.4) is 0 Å². The predicted octanol–water partition coefficient (Wildman–Crippen LogP) is 2.12. The molecule has 0 radical (unpaired) electrons. The van der Waals surface area contributed by atoms with Gasteiger partial charge in [-0.15, -0.1) is 0 Å². The molecule has 0 aliphatic rings. The summed E-state index contributed by atoms with van der Waals surface area (Å²) in [6.07, 6.45) is 0. The highest BCUT2D eigenvalue weighted by atomic mass is 32.1. The van der Waals surface area contributed by atoms with Crippen LogP contribution in [0, 0.1) is 22.7 Å². The molecule has 1 N–H and O–H groups in total. The van der Waals surface area contributed by atoms with Gasteiger partial charge in [0, 0.05) is 6.07 Å². The van der Waals surface area contributed by atoms with E-state index in [0.717, 1.165) is 16.0 Å². The van der Waals surface area contributed by atoms with E-state index in [1.54, 1.807) is 25.3 Å². The third kappa shape index (κ3) is 2.37. The lowest BCUT2D eigenvalue weighted by atomic mass is 10.3. The Morgan fingerprint density at radius 1 is 1.44 bits per heavy atom. The molecule has 2 aromatic rings. The van der Waals surface area contributed by atoms with Crippen LogP contribution in [-0.2, 0) is 0 Å². The quantitative estimate of drug-likeness (QED) is 0.671. The molecule has 1 aromatic heterocycles. The Balaban J connectivity index is 2.29. The molecule has 0 aliphatic carbocycles. The van der Waals surface area contributed by atoms with E-state index in [1.165, 1.54) is 11.3 Å². The van der Waals surface area contributed by atoms with Crippen molar-refractivity contribution >= 4 is 32.4 Å². The Morgan fingerprint density at radius 3 is 2.89 bits per heavy atom. The number of nitrogens with one attached hydrogen (secondary N) is 1. The molecule has 0 bridgehead atoms. The van der Waals surface area contributed by atoms with E-state index in [-0.39, 0.29) is 5.71 Å². The number of nitrogens with zero attached hydrogens (tertiary/aromatic N) is 4. The van der Waals surface area contributed by atoms with Crippen molar-refractivity contribution in [3.63, 3.8) is 0 Å². The molecule has 6 nitrogen and oxygen atoms in total. The number of fused-ring (bicyclic) bond motifs is 1. The standard InChI is InChI=1S/C11H7N5OS/c1-17-8-2-3-10-9(4-8)14-11(18-10)16-15-7(5-12)6-13/h2-4H,1H3,(H,14,16). The van der Waals surface area contributed by atoms with Gasteiger partial charge < -0.3 is 4.74 Å². The van der Waals surface area contributed by atoms with Gasteiger partial charge in [-0.05, 0) is 12.1 Å². The third-order valence-electron chi connectivity index (χ3n) is 2.07. The first-order valence-electron chi connectivity index (χ1n) is 4.85. The predicted molar refractivity (Wildman–Crippen MR) is 68.5 cm³/mol. The summed E-state index contributed by atoms with van der Waals surface area (Å²) in [5.41, 5.74) is 3.11. The van der Waals surface area contributed by atoms with Gasteiger partial charge in [0.15, 0.2) is 0 Å². The average molecular weight is 257 g/mol. The zero-order valence-corrected chi connectivity index (χ0v) is 10.2. The minimum atomic E-state index is -0.244. The van der Waals surface area contributed by atoms with Gasteiger partial charge in [0.1, 0.15) is 17.9 Å². The topological polar surface area (TPSA) is 94.1 Å². The average Bonchev–Trinajstić information content (AvgIpc) is 2.81. The summed E-state index contributed by atoms with van der Waals surface area (Å²) in [5, 5.41) is 21.2. The maximum Gasteiger partial charge on any atom is 0.237 e. The van der Waals surface area contributed by atoms with Gasteiger partial charge in [-0.3, -0.25) is 5.43 Å². The van der Waals surface area contributed by atoms with Crippen LogP contribution in [0.1, 0.15) is 0 Å². The van der Waals surface area contributed by atoms with Gasteiger partial charge in [-0.2, -0.15) is 15.6 Å². The molecule has 0 saturated carbocycles. The molecule has 18 heavy (non-hydrogen) atoms. The van der Waals surface area contributed by atoms with Crippen molar-refractivity contribution in [1.29, 1.82) is 10.5 Å². The van der Waals surface area contributed by atoms with Crippen molar-refractivity contribution in [3.8, 4) is 17.9 Å². The molecule has 0 amide bonds. The molecule has 7 heteroatoms. The van der Waals surface area contributed by atoms with Crippen LogP contribution in [0.2, 0.25) is 0 Å². The van der Waals surface area contributed by atoms with Crippen molar-refractivity contribution in [3.05, 3.63) is 18.2 Å². The molecule has 1 heterocycles. The van der Waals surface area contributed by atoms with Gasteiger partial charge >= 0.3 is 0 Å². The number of aromatic nitrogens is 1. The van der Waals surface area contributed by atoms with Crippen molar-refractivity contribution in [2.75, 3.05) is 12.5 Å². The molecule has 0 unspecified atom stereocenters. The van der Waals surface area contributed by atoms with E-state index in [9.17, 15) is 0 Å². The van der Waals surface area contributed by atoms with E-state index < -0.39 is 0 Å². The summed E-state index contributed by atoms with van der Waals surface area (Å²) < 4.78 is 6.06. The number of rotatable bonds is 3. The number of hydrogen-bond acceptors (Lipinski definition) is 7. The maximum absolute atomic E-state index is 8.54. The lowest BCUT2D eigenvalue weighted by molar-refractivity contribution is 0.415. The first-order valence-corrected chi connectivity index (χ1v) is 5.67. The summed E-state index contributed by atoms with van der Waals surface area (Å²) in [6.45, 7) is 0. The van der Waals surface area contributed by atoms with Gasteiger partial charge in [0.2, 0.25) is 10.8 Å². The smallest absolute Gasteiger partial charge is 0.237 e. The Hall–Kier alpha value is -2.64. The van der Waals surface area contributed by atoms with Crippen molar-refractivity contribution in [1.82, 2.24) is 4.98 Å². The van der Waals surface area contributed by atoms with E-state index >= 15 is 0 Å². The molecule has 0 aliphatic heterocycles. The molecule has 2 rings (SSSR count). The number of ether oxygens (including phenoxy) is 1. The Labute approximate surface area is 107 Å². The number of nitriles is 2. The first kappa shape index (κ1) is 11.8. The Kier molecular flexibility index (Phi) is 3.37. The molecule has 88 valence electrons. The number of anilines is 1. The second kappa shape index (κ2) is 5.13. The van der Waals surface area contributed by atoms with Gasteiger partial charge in [0.25, 0.3) is 0 Å². The summed E-state index contributed by atoms with van der Waals surface area (Å²) >= 11 is 1.38. The normalized spacial score (nSPS) is 9.28. The van der Waals surface area contributed by atoms with Crippen LogP contribution in [0.15, 0.2) is 23.3 Å². The molecular weight excluding hydrogens is 250 g/mol. The number of hydrogen-bond donors (Lipinski definition) is 1. The van der Waals surface area contributed by atoms with Crippen LogP contribution in [-0.4, -0.2) is 17.8 Å². The van der Waals surface area contributed by atoms with Crippen molar-refractivity contribution < 1.29 is 4.74 Å². The molecule has 0 fully saturated rings. The highest BCUT2D eigenvalue weighted by Gasteiger charge is 2.04. The van der Waals surface area contributed by atoms with Crippen LogP contribution >= 0.6 is 11.3 Å². The number of methoxy groups -OCH3 is 1. The van der Waals surface area contributed by atoms with Gasteiger partial charge in [0.05, 0.1) is 17.3 Å². The Bertz CT molecular complexity index is 676. The molecule has 0 atom stereocenters. The zero-order valence-electron chi connectivity index (χ0n) is 9.34. The highest BCUT2D eigenvalue weighted by Crippen LogP contribution is 2.28. The van der Waals surface area contributed by atoms with Gasteiger partial charge in [-0.25, -0.2) is 4.98 Å². The molecule has 1 aromatic carbocycles. The highest BCUT2D eigenvalue weighted by molar-refractivity contribution is 7.22. The summed E-state index contributed by atoms with van der Waals surface area (Å²) in [4.78, 5) is 4.26. The summed E-state index contributed by atoms with van der Waals surface area (Å²) in [6, 6.07) is 8.84. The zero-order chi connectivity index (χ0) is 13.0. The number of benzene rings is 1. The Morgan fingerprint density at radius 2 is 2.22 bits per heavy atom. The third-order valence-corrected chi connectivity index (χ3v) is 3.01. The van der Waals surface area contributed by atoms with Crippen LogP contribution < -0.4 is 10.2 Å². The maximum atomic E-state index is 8.54. The largest absolute Gasteiger partial charge is 0.497 e. The molecule has 0 saturated heterocycles. The fourth-order valence-electron chi connectivity index (χ4n) is 1.26. The first-order chi connectivity index (χ1) is 8.76. The fraction of sp³-hybridized carbons (Fsp3) is 0.0909.